The molecule has 2 heterocycles. The molecule has 0 aliphatic carbocycles. The van der Waals surface area contributed by atoms with Crippen LogP contribution in [0.3, 0.4) is 0 Å². The van der Waals surface area contributed by atoms with Crippen molar-refractivity contribution in [3.05, 3.63) is 145 Å². The summed E-state index contributed by atoms with van der Waals surface area (Å²) in [5.74, 6) is -0.352. The van der Waals surface area contributed by atoms with Gasteiger partial charge in [0.15, 0.2) is 0 Å². The predicted molar refractivity (Wildman–Crippen MR) is 578 cm³/mol. The van der Waals surface area contributed by atoms with Crippen molar-refractivity contribution in [3.8, 4) is 22.3 Å². The summed E-state index contributed by atoms with van der Waals surface area (Å²) >= 11 is 0. The summed E-state index contributed by atoms with van der Waals surface area (Å²) in [4.78, 5) is 29.3. The summed E-state index contributed by atoms with van der Waals surface area (Å²) in [7, 11) is 0. The number of hydrogen-bond donors (Lipinski definition) is 0. The van der Waals surface area contributed by atoms with Crippen LogP contribution < -0.4 is 0 Å². The van der Waals surface area contributed by atoms with Crippen LogP contribution in [0.25, 0.3) is 152 Å². The molecular weight excluding hydrogens is 1610 g/mol. The molecule has 15 aromatic rings. The number of aryl methyl sites for hydroxylation is 2. The van der Waals surface area contributed by atoms with Crippen molar-refractivity contribution in [2.45, 2.75) is 465 Å². The third-order valence-electron chi connectivity index (χ3n) is 31.5. The second-order valence-electron chi connectivity index (χ2n) is 41.6. The van der Waals surface area contributed by atoms with Gasteiger partial charge in [-0.25, -0.2) is 9.59 Å². The van der Waals surface area contributed by atoms with Gasteiger partial charge in [0.2, 0.25) is 0 Å². The van der Waals surface area contributed by atoms with Crippen molar-refractivity contribution in [2.24, 2.45) is 0 Å². The summed E-state index contributed by atoms with van der Waals surface area (Å²) in [5, 5.41) is 27.1. The number of carbonyl (C=O) groups excluding carboxylic acids is 2. The van der Waals surface area contributed by atoms with Gasteiger partial charge in [0, 0.05) is 56.2 Å². The molecule has 0 N–H and O–H groups in total. The molecule has 0 fully saturated rings. The quantitative estimate of drug-likeness (QED) is 0.0165. The van der Waals surface area contributed by atoms with Gasteiger partial charge in [-0.1, -0.05) is 460 Å². The maximum Gasteiger partial charge on any atom is 0.338 e. The topological polar surface area (TPSA) is 62.5 Å². The number of rotatable bonds is 70. The van der Waals surface area contributed by atoms with Crippen LogP contribution in [-0.2, 0) is 22.6 Å². The maximum atomic E-state index is 14.6. The third-order valence-corrected chi connectivity index (χ3v) is 31.5. The Kier molecular flexibility index (Phi) is 38.5. The van der Waals surface area contributed by atoms with Gasteiger partial charge in [-0.2, -0.15) is 0 Å². The molecule has 708 valence electrons. The van der Waals surface area contributed by atoms with E-state index in [2.05, 4.69) is 184 Å². The van der Waals surface area contributed by atoms with Gasteiger partial charge in [-0.15, -0.1) is 0 Å². The van der Waals surface area contributed by atoms with Crippen molar-refractivity contribution in [2.75, 3.05) is 0 Å². The third kappa shape index (κ3) is 24.1. The van der Waals surface area contributed by atoms with Crippen LogP contribution in [0.4, 0.5) is 0 Å². The highest BCUT2D eigenvalue weighted by molar-refractivity contribution is 6.51. The average molecular weight is 1780 g/mol. The Hall–Kier alpha value is -8.22. The van der Waals surface area contributed by atoms with E-state index in [0.717, 1.165) is 88.4 Å². The number of aromatic nitrogens is 2. The van der Waals surface area contributed by atoms with E-state index in [9.17, 15) is 9.59 Å². The molecule has 13 aromatic carbocycles. The van der Waals surface area contributed by atoms with Crippen molar-refractivity contribution in [3.63, 3.8) is 0 Å². The summed E-state index contributed by atoms with van der Waals surface area (Å²) in [6.07, 6.45) is 79.0. The molecule has 15 rings (SSSR count). The van der Waals surface area contributed by atoms with Crippen molar-refractivity contribution < 1.29 is 19.1 Å². The molecule has 132 heavy (non-hydrogen) atoms. The molecule has 6 nitrogen and oxygen atoms in total. The molecule has 0 amide bonds. The van der Waals surface area contributed by atoms with E-state index in [1.54, 1.807) is 0 Å². The van der Waals surface area contributed by atoms with Crippen LogP contribution in [0.15, 0.2) is 133 Å². The molecule has 2 atom stereocenters. The van der Waals surface area contributed by atoms with Crippen molar-refractivity contribution in [1.29, 1.82) is 0 Å². The minimum absolute atomic E-state index is 0.0529. The Morgan fingerprint density at radius 1 is 0.212 bits per heavy atom. The normalized spacial score (nSPS) is 12.9. The zero-order valence-corrected chi connectivity index (χ0v) is 83.6. The molecular formula is C126H170N2O4. The lowest BCUT2D eigenvalue weighted by molar-refractivity contribution is 0.0239. The van der Waals surface area contributed by atoms with E-state index in [-0.39, 0.29) is 24.1 Å². The fourth-order valence-corrected chi connectivity index (χ4v) is 24.0. The van der Waals surface area contributed by atoms with Gasteiger partial charge in [-0.3, -0.25) is 0 Å². The Bertz CT molecular complexity index is 5550. The van der Waals surface area contributed by atoms with E-state index < -0.39 is 0 Å². The highest BCUT2D eigenvalue weighted by Gasteiger charge is 2.32. The summed E-state index contributed by atoms with van der Waals surface area (Å²) in [6, 6.07) is 52.0. The molecule has 0 aliphatic heterocycles. The minimum Gasteiger partial charge on any atom is -0.459 e. The summed E-state index contributed by atoms with van der Waals surface area (Å²) in [5.41, 5.74) is 11.4. The van der Waals surface area contributed by atoms with E-state index in [0.29, 0.717) is 11.1 Å². The largest absolute Gasteiger partial charge is 0.459 e. The lowest BCUT2D eigenvalue weighted by Crippen LogP contribution is -2.18. The molecule has 0 spiro atoms. The van der Waals surface area contributed by atoms with Crippen LogP contribution in [0, 0.1) is 0 Å². The number of unbranched alkanes of at least 4 members (excludes halogenated alkanes) is 52. The number of benzene rings is 13. The second kappa shape index (κ2) is 51.6. The SMILES string of the molecule is CCCCCCCCCCCCCC(CCCCCCCCCC)OC(=O)c1ccc(-c2cc3c4c5c2cccc5c2ccc5c6ccc7c8cccc9c(-c%10ccc(C(=O)OC(CCCCCCCCCC)CCCCCCCCCCCCC)cc%10)cc%10c(c98)c8c7c6c(cc8n%10CCCCCCCCCCCC)c6cc(c4c2c56)n3CCCCCCCCCCCC)cc1. The zero-order chi connectivity index (χ0) is 91.0. The van der Waals surface area contributed by atoms with Gasteiger partial charge >= 0.3 is 11.9 Å². The van der Waals surface area contributed by atoms with Crippen molar-refractivity contribution in [1.82, 2.24) is 9.13 Å². The van der Waals surface area contributed by atoms with Gasteiger partial charge in [0.1, 0.15) is 12.2 Å². The fourth-order valence-electron chi connectivity index (χ4n) is 24.0. The number of esters is 2. The lowest BCUT2D eigenvalue weighted by Gasteiger charge is -2.21. The highest BCUT2D eigenvalue weighted by Crippen LogP contribution is 2.57. The molecule has 0 bridgehead atoms. The lowest BCUT2D eigenvalue weighted by atomic mass is 9.81. The highest BCUT2D eigenvalue weighted by atomic mass is 16.5. The molecule has 0 saturated carbocycles. The standard InChI is InChI=1S/C126H170N2O4/c1-7-13-19-25-31-37-41-43-49-55-61-69-97(67-59-53-47-35-29-23-17-11-5)131-125(129)95-79-75-93(76-80-95)107-89-111-121-115-99(71-65-73-101(107)115)105-85-83-103-104-84-86-106-100-72-66-74-102-108(94-77-81-96(82-78-94)126(130)132-98(68-60-54-48-36-30-24-18-12-6)70-62-56-50-44-42-38-32-26-20-14-8-2)90-112-122(116(100)102)124-114(128(112)88-64-58-52-46-40-34-28-22-16-10-4)92-110(118(104)120(106)124)109-91-113(123(121)119(105)117(103)109)127(111)87-63-57-51-45-39-33-27-21-15-9-3/h65-66,71-86,89-92,97-98H,7-64,67-70,87-88H2,1-6H3. The molecule has 0 saturated heterocycles. The maximum absolute atomic E-state index is 14.6. The first-order chi connectivity index (χ1) is 65.3. The van der Waals surface area contributed by atoms with Gasteiger partial charge in [0.05, 0.1) is 33.2 Å². The van der Waals surface area contributed by atoms with Gasteiger partial charge < -0.3 is 18.6 Å². The molecule has 0 radical (unpaired) electrons. The van der Waals surface area contributed by atoms with Crippen LogP contribution in [0.2, 0.25) is 0 Å². The first kappa shape index (κ1) is 98.3. The first-order valence-corrected chi connectivity index (χ1v) is 56.0. The number of fused-ring (bicyclic) bond motifs is 4. The van der Waals surface area contributed by atoms with Crippen LogP contribution >= 0.6 is 0 Å². The van der Waals surface area contributed by atoms with E-state index >= 15 is 0 Å². The number of carbonyl (C=O) groups is 2. The molecule has 2 unspecified atom stereocenters. The summed E-state index contributed by atoms with van der Waals surface area (Å²) < 4.78 is 18.9. The average Bonchev–Trinajstić information content (AvgIpc) is 1.52. The monoisotopic (exact) mass is 1780 g/mol. The van der Waals surface area contributed by atoms with Crippen LogP contribution in [-0.4, -0.2) is 33.3 Å². The number of hydrogen-bond acceptors (Lipinski definition) is 4. The van der Waals surface area contributed by atoms with Gasteiger partial charge in [0.25, 0.3) is 0 Å². The molecule has 0 aliphatic rings. The van der Waals surface area contributed by atoms with Crippen molar-refractivity contribution >= 4 is 142 Å². The first-order valence-electron chi connectivity index (χ1n) is 56.0. The minimum atomic E-state index is -0.176. The predicted octanol–water partition coefficient (Wildman–Crippen LogP) is 41.0. The second-order valence-corrected chi connectivity index (χ2v) is 41.6. The van der Waals surface area contributed by atoms with Crippen LogP contribution in [0.1, 0.15) is 460 Å². The van der Waals surface area contributed by atoms with E-state index in [1.165, 1.54) is 475 Å². The zero-order valence-electron chi connectivity index (χ0n) is 83.6. The Labute approximate surface area is 796 Å². The van der Waals surface area contributed by atoms with E-state index in [1.807, 2.05) is 0 Å². The van der Waals surface area contributed by atoms with Gasteiger partial charge in [-0.05, 0) is 200 Å². The van der Waals surface area contributed by atoms with E-state index in [4.69, 9.17) is 9.47 Å². The number of ether oxygens (including phenoxy) is 2. The fraction of sp³-hybridized carbons (Fsp3) is 0.571. The summed E-state index contributed by atoms with van der Waals surface area (Å²) in [6.45, 7) is 15.7. The Morgan fingerprint density at radius 2 is 0.424 bits per heavy atom. The van der Waals surface area contributed by atoms with Crippen LogP contribution in [0.5, 0.6) is 0 Å². The Balaban J connectivity index is 0.787. The molecule has 6 heteroatoms. The molecule has 2 aromatic heterocycles. The smallest absolute Gasteiger partial charge is 0.338 e. The Morgan fingerprint density at radius 3 is 0.697 bits per heavy atom. The number of nitrogens with zero attached hydrogens (tertiary/aromatic N) is 2.